The van der Waals surface area contributed by atoms with Crippen LogP contribution in [-0.2, 0) is 38.2 Å². The molecule has 4 N–H and O–H groups in total. The van der Waals surface area contributed by atoms with E-state index in [1.165, 1.54) is 6.92 Å². The van der Waals surface area contributed by atoms with Gasteiger partial charge >= 0.3 is 0 Å². The van der Waals surface area contributed by atoms with Gasteiger partial charge < -0.3 is 30.3 Å². The van der Waals surface area contributed by atoms with Crippen molar-refractivity contribution in [2.75, 3.05) is 18.5 Å². The summed E-state index contributed by atoms with van der Waals surface area (Å²) in [6.45, 7) is 11.5. The molecule has 13 atom stereocenters. The third-order valence-electron chi connectivity index (χ3n) is 15.7. The lowest BCUT2D eigenvalue weighted by atomic mass is 9.44. The quantitative estimate of drug-likeness (QED) is 0.168. The average molecular weight is 910 g/mol. The highest BCUT2D eigenvalue weighted by Gasteiger charge is 2.80. The van der Waals surface area contributed by atoms with Gasteiger partial charge in [-0.15, -0.1) is 0 Å². The summed E-state index contributed by atoms with van der Waals surface area (Å²) in [5.74, 6) is -5.23. The highest BCUT2D eigenvalue weighted by atomic mass is 19.1. The van der Waals surface area contributed by atoms with Gasteiger partial charge in [0.2, 0.25) is 11.8 Å². The van der Waals surface area contributed by atoms with Gasteiger partial charge in [-0.25, -0.2) is 8.78 Å². The van der Waals surface area contributed by atoms with Gasteiger partial charge in [0.15, 0.2) is 29.1 Å². The van der Waals surface area contributed by atoms with Crippen LogP contribution >= 0.6 is 0 Å². The van der Waals surface area contributed by atoms with Crippen molar-refractivity contribution in [3.63, 3.8) is 0 Å². The molecule has 0 unspecified atom stereocenters. The maximum atomic E-state index is 17.8. The number of halogens is 2. The molecule has 66 heavy (non-hydrogen) atoms. The minimum atomic E-state index is -2.24. The minimum absolute atomic E-state index is 0.0920. The van der Waals surface area contributed by atoms with Gasteiger partial charge in [-0.2, -0.15) is 0 Å². The van der Waals surface area contributed by atoms with Gasteiger partial charge in [-0.1, -0.05) is 82.0 Å². The molecule has 4 amide bonds. The Morgan fingerprint density at radius 1 is 0.939 bits per heavy atom. The number of alkyl halides is 2. The van der Waals surface area contributed by atoms with Crippen LogP contribution in [0.15, 0.2) is 96.6 Å². The molecule has 4 aliphatic carbocycles. The summed E-state index contributed by atoms with van der Waals surface area (Å²) < 4.78 is 47.1. The number of ether oxygens (including phenoxy) is 2. The number of nitrogens with one attached hydrogen (secondary N) is 2. The van der Waals surface area contributed by atoms with E-state index in [2.05, 4.69) is 17.2 Å². The van der Waals surface area contributed by atoms with E-state index in [0.717, 1.165) is 28.2 Å². The SMILES string of the molecule is C=C1C=C[C@@]2(C)C(=C1)[C@@H](F)C[C@H]1[C@@H]3C[C@H]4O[C@@H](c5ccc([C@H](C)c6ccc(NC(=O)[C@H](C)CC(=O)[C@H](C)NC(=O)CCN7C(=O)C=CC7=O)cc6)cc5)O[C@@]4(C(=O)CO)[C@@]3(C)C[C@H](O)[C@@]12F. The molecular formula is C51H57F2N3O10. The summed E-state index contributed by atoms with van der Waals surface area (Å²) in [4.78, 5) is 76.6. The predicted molar refractivity (Wildman–Crippen MR) is 238 cm³/mol. The molecule has 6 aliphatic rings. The number of aliphatic hydroxyl groups excluding tert-OH is 2. The Kier molecular flexibility index (Phi) is 12.3. The Morgan fingerprint density at radius 2 is 1.58 bits per heavy atom. The van der Waals surface area contributed by atoms with Crippen molar-refractivity contribution in [2.45, 2.75) is 115 Å². The first-order valence-corrected chi connectivity index (χ1v) is 22.6. The first-order valence-electron chi connectivity index (χ1n) is 22.6. The Bertz CT molecular complexity index is 2440. The normalized spacial score (nSPS) is 34.4. The number of carbonyl (C=O) groups is 6. The van der Waals surface area contributed by atoms with Crippen molar-refractivity contribution < 1.29 is 57.2 Å². The molecule has 13 nitrogen and oxygen atoms in total. The van der Waals surface area contributed by atoms with Crippen molar-refractivity contribution in [1.82, 2.24) is 10.2 Å². The van der Waals surface area contributed by atoms with Crippen LogP contribution in [0.2, 0.25) is 0 Å². The van der Waals surface area contributed by atoms with Gasteiger partial charge in [0.25, 0.3) is 11.8 Å². The number of imide groups is 1. The van der Waals surface area contributed by atoms with E-state index in [9.17, 15) is 39.0 Å². The molecule has 2 heterocycles. The van der Waals surface area contributed by atoms with Gasteiger partial charge in [0.1, 0.15) is 12.8 Å². The number of anilines is 1. The fourth-order valence-corrected chi connectivity index (χ4v) is 11.9. The number of amides is 4. The second-order valence-electron chi connectivity index (χ2n) is 19.4. The van der Waals surface area contributed by atoms with E-state index in [0.29, 0.717) is 16.8 Å². The third-order valence-corrected chi connectivity index (χ3v) is 15.7. The molecule has 4 fully saturated rings. The van der Waals surface area contributed by atoms with Gasteiger partial charge in [-0.3, -0.25) is 33.7 Å². The summed E-state index contributed by atoms with van der Waals surface area (Å²) in [5.41, 5.74) is -2.74. The summed E-state index contributed by atoms with van der Waals surface area (Å²) in [7, 11) is 0. The van der Waals surface area contributed by atoms with Crippen LogP contribution in [0.4, 0.5) is 14.5 Å². The summed E-state index contributed by atoms with van der Waals surface area (Å²) in [5, 5.41) is 27.6. The second-order valence-corrected chi connectivity index (χ2v) is 19.4. The van der Waals surface area contributed by atoms with E-state index in [-0.39, 0.29) is 61.8 Å². The molecule has 2 aromatic carbocycles. The van der Waals surface area contributed by atoms with E-state index in [4.69, 9.17) is 9.47 Å². The minimum Gasteiger partial charge on any atom is -0.390 e. The number of nitrogens with zero attached hydrogens (tertiary/aromatic N) is 1. The zero-order chi connectivity index (χ0) is 47.7. The van der Waals surface area contributed by atoms with Crippen molar-refractivity contribution >= 4 is 40.9 Å². The lowest BCUT2D eigenvalue weighted by molar-refractivity contribution is -0.235. The molecule has 0 aromatic heterocycles. The van der Waals surface area contributed by atoms with Crippen LogP contribution in [0, 0.1) is 28.6 Å². The highest BCUT2D eigenvalue weighted by molar-refractivity contribution is 6.13. The van der Waals surface area contributed by atoms with Crippen LogP contribution in [-0.4, -0.2) is 99.2 Å². The zero-order valence-corrected chi connectivity index (χ0v) is 37.7. The molecule has 8 rings (SSSR count). The summed E-state index contributed by atoms with van der Waals surface area (Å²) in [6, 6.07) is 13.9. The largest absolute Gasteiger partial charge is 0.390 e. The molecule has 15 heteroatoms. The number of ketones is 2. The first-order chi connectivity index (χ1) is 31.2. The van der Waals surface area contributed by atoms with E-state index < -0.39 is 101 Å². The van der Waals surface area contributed by atoms with Crippen LogP contribution < -0.4 is 10.6 Å². The Balaban J connectivity index is 0.882. The molecule has 0 radical (unpaired) electrons. The van der Waals surface area contributed by atoms with Crippen molar-refractivity contribution in [3.05, 3.63) is 113 Å². The van der Waals surface area contributed by atoms with E-state index >= 15 is 8.78 Å². The Hall–Kier alpha value is -5.48. The van der Waals surface area contributed by atoms with Crippen molar-refractivity contribution in [2.24, 2.45) is 28.6 Å². The van der Waals surface area contributed by atoms with Crippen LogP contribution in [0.5, 0.6) is 0 Å². The Labute approximate surface area is 382 Å². The highest BCUT2D eigenvalue weighted by Crippen LogP contribution is 2.72. The molecule has 3 saturated carbocycles. The van der Waals surface area contributed by atoms with Gasteiger partial charge in [0.05, 0.1) is 18.2 Å². The number of aliphatic hydroxyl groups is 2. The Morgan fingerprint density at radius 3 is 2.21 bits per heavy atom. The van der Waals surface area contributed by atoms with Crippen LogP contribution in [0.3, 0.4) is 0 Å². The number of fused-ring (bicyclic) bond motifs is 7. The smallest absolute Gasteiger partial charge is 0.253 e. The first kappa shape index (κ1) is 47.0. The topological polar surface area (TPSA) is 189 Å². The maximum absolute atomic E-state index is 17.8. The number of carbonyl (C=O) groups excluding carboxylic acids is 6. The third kappa shape index (κ3) is 7.51. The summed E-state index contributed by atoms with van der Waals surface area (Å²) >= 11 is 0. The molecule has 2 aliphatic heterocycles. The number of Topliss-reactive ketones (excluding diaryl/α,β-unsaturated/α-hetero) is 2. The molecule has 2 aromatic rings. The van der Waals surface area contributed by atoms with E-state index in [1.807, 2.05) is 43.3 Å². The van der Waals surface area contributed by atoms with Crippen LogP contribution in [0.1, 0.15) is 95.6 Å². The van der Waals surface area contributed by atoms with Crippen molar-refractivity contribution in [3.8, 4) is 0 Å². The lowest BCUT2D eigenvalue weighted by Crippen LogP contribution is -2.70. The zero-order valence-electron chi connectivity index (χ0n) is 37.7. The number of hydrogen-bond donors (Lipinski definition) is 4. The predicted octanol–water partition coefficient (Wildman–Crippen LogP) is 5.82. The van der Waals surface area contributed by atoms with Gasteiger partial charge in [-0.05, 0) is 73.4 Å². The van der Waals surface area contributed by atoms with E-state index in [1.54, 1.807) is 51.1 Å². The number of benzene rings is 2. The van der Waals surface area contributed by atoms with Crippen molar-refractivity contribution in [1.29, 1.82) is 0 Å². The standard InChI is InChI=1S/C51H57F2N3O10/c1-27-17-19-48(5)37(21-27)38(52)23-36-35-24-42-51(41(60)26-57,49(35,6)25-40(59)50(36,48)53)66-47(65-42)33-9-7-31(8-10-33)29(3)32-11-13-34(14-12-32)55-46(64)28(2)22-39(58)30(4)54-43(61)18-20-56-44(62)15-16-45(56)63/h7-17,19,21,28-30,35-36,38,40,42,47,57,59H,1,18,20,22-26H2,2-6H3,(H,54,61)(H,55,64)/t28-,29+,30+,35+,36+,38+,40+,42-,47-,48+,49+,50+,51-/m1/s1. The lowest BCUT2D eigenvalue weighted by Gasteiger charge is -2.63. The molecule has 350 valence electrons. The average Bonchev–Trinajstić information content (AvgIpc) is 3.92. The fraction of sp³-hybridized carbons (Fsp3) is 0.490. The van der Waals surface area contributed by atoms with Crippen LogP contribution in [0.25, 0.3) is 0 Å². The second kappa shape index (κ2) is 17.3. The molecular weight excluding hydrogens is 853 g/mol. The molecule has 0 spiro atoms. The maximum Gasteiger partial charge on any atom is 0.253 e. The number of allylic oxidation sites excluding steroid dienone is 5. The molecule has 0 bridgehead atoms. The van der Waals surface area contributed by atoms with Gasteiger partial charge in [0, 0.05) is 71.4 Å². The fourth-order valence-electron chi connectivity index (χ4n) is 11.9. The molecule has 1 saturated heterocycles. The summed E-state index contributed by atoms with van der Waals surface area (Å²) in [6.07, 6.45) is 1.69. The number of rotatable bonds is 14. The monoisotopic (exact) mass is 909 g/mol. The number of hydrogen-bond acceptors (Lipinski definition) is 10.